The first-order chi connectivity index (χ1) is 8.22. The van der Waals surface area contributed by atoms with E-state index in [9.17, 15) is 0 Å². The zero-order valence-corrected chi connectivity index (χ0v) is 10.00. The van der Waals surface area contributed by atoms with Gasteiger partial charge in [-0.2, -0.15) is 0 Å². The summed E-state index contributed by atoms with van der Waals surface area (Å²) in [7, 11) is 1.69. The number of methoxy groups -OCH3 is 1. The third kappa shape index (κ3) is 2.45. The smallest absolute Gasteiger partial charge is 0.132 e. The summed E-state index contributed by atoms with van der Waals surface area (Å²) in [5.41, 5.74) is 7.71. The van der Waals surface area contributed by atoms with Crippen LogP contribution in [0, 0.1) is 0 Å². The fourth-order valence-corrected chi connectivity index (χ4v) is 1.68. The van der Waals surface area contributed by atoms with Crippen LogP contribution < -0.4 is 5.73 Å². The van der Waals surface area contributed by atoms with Crippen LogP contribution in [0.5, 0.6) is 0 Å². The number of nitrogen functional groups attached to an aromatic ring is 1. The molecule has 5 nitrogen and oxygen atoms in total. The molecule has 2 aromatic heterocycles. The summed E-state index contributed by atoms with van der Waals surface area (Å²) < 4.78 is 7.26. The standard InChI is InChI=1S/C12H16N4O/c1-9(17-2)7-16-8-14-6-11(16)10-4-3-5-15-12(10)13/h3-6,8-9H,7H2,1-2H3,(H2,13,15). The SMILES string of the molecule is COC(C)Cn1cncc1-c1cccnc1N. The van der Waals surface area contributed by atoms with Crippen molar-refractivity contribution in [3.05, 3.63) is 30.9 Å². The quantitative estimate of drug-likeness (QED) is 0.868. The van der Waals surface area contributed by atoms with Crippen LogP contribution in [0.15, 0.2) is 30.9 Å². The first-order valence-corrected chi connectivity index (χ1v) is 5.46. The van der Waals surface area contributed by atoms with Gasteiger partial charge < -0.3 is 15.0 Å². The second-order valence-corrected chi connectivity index (χ2v) is 3.91. The van der Waals surface area contributed by atoms with E-state index in [0.717, 1.165) is 17.8 Å². The first kappa shape index (κ1) is 11.6. The Bertz CT molecular complexity index is 495. The lowest BCUT2D eigenvalue weighted by Gasteiger charge is -2.13. The predicted molar refractivity (Wildman–Crippen MR) is 66.3 cm³/mol. The molecule has 0 bridgehead atoms. The predicted octanol–water partition coefficient (Wildman–Crippen LogP) is 1.56. The molecule has 1 atom stereocenters. The van der Waals surface area contributed by atoms with Crippen LogP contribution in [-0.2, 0) is 11.3 Å². The average molecular weight is 232 g/mol. The molecule has 0 aliphatic carbocycles. The van der Waals surface area contributed by atoms with E-state index < -0.39 is 0 Å². The molecule has 17 heavy (non-hydrogen) atoms. The average Bonchev–Trinajstić information content (AvgIpc) is 2.77. The summed E-state index contributed by atoms with van der Waals surface area (Å²) in [5, 5.41) is 0. The molecule has 0 aliphatic rings. The summed E-state index contributed by atoms with van der Waals surface area (Å²) in [6.45, 7) is 2.75. The summed E-state index contributed by atoms with van der Waals surface area (Å²) in [6, 6.07) is 3.80. The van der Waals surface area contributed by atoms with Crippen LogP contribution in [0.1, 0.15) is 6.92 Å². The molecule has 0 radical (unpaired) electrons. The van der Waals surface area contributed by atoms with Gasteiger partial charge in [0.05, 0.1) is 30.9 Å². The van der Waals surface area contributed by atoms with Crippen molar-refractivity contribution in [3.8, 4) is 11.3 Å². The van der Waals surface area contributed by atoms with Crippen LogP contribution in [-0.4, -0.2) is 27.7 Å². The maximum atomic E-state index is 5.86. The summed E-state index contributed by atoms with van der Waals surface area (Å²) in [6.07, 6.45) is 5.37. The van der Waals surface area contributed by atoms with Gasteiger partial charge in [0.1, 0.15) is 5.82 Å². The summed E-state index contributed by atoms with van der Waals surface area (Å²) in [4.78, 5) is 8.23. The first-order valence-electron chi connectivity index (χ1n) is 5.46. The van der Waals surface area contributed by atoms with Crippen molar-refractivity contribution in [2.24, 2.45) is 0 Å². The number of pyridine rings is 1. The molecule has 0 aliphatic heterocycles. The Labute approximate surface area is 100 Å². The highest BCUT2D eigenvalue weighted by atomic mass is 16.5. The second-order valence-electron chi connectivity index (χ2n) is 3.91. The van der Waals surface area contributed by atoms with E-state index in [0.29, 0.717) is 5.82 Å². The lowest BCUT2D eigenvalue weighted by molar-refractivity contribution is 0.103. The van der Waals surface area contributed by atoms with Crippen LogP contribution in [0.25, 0.3) is 11.3 Å². The van der Waals surface area contributed by atoms with Gasteiger partial charge in [-0.3, -0.25) is 0 Å². The molecule has 2 aromatic rings. The lowest BCUT2D eigenvalue weighted by atomic mass is 10.2. The third-order valence-electron chi connectivity index (χ3n) is 2.68. The van der Waals surface area contributed by atoms with Gasteiger partial charge >= 0.3 is 0 Å². The summed E-state index contributed by atoms with van der Waals surface area (Å²) in [5.74, 6) is 0.513. The third-order valence-corrected chi connectivity index (χ3v) is 2.68. The highest BCUT2D eigenvalue weighted by Crippen LogP contribution is 2.23. The van der Waals surface area contributed by atoms with E-state index in [1.807, 2.05) is 23.6 Å². The Balaban J connectivity index is 2.34. The van der Waals surface area contributed by atoms with E-state index in [1.54, 1.807) is 25.8 Å². The number of hydrogen-bond donors (Lipinski definition) is 1. The van der Waals surface area contributed by atoms with E-state index in [4.69, 9.17) is 10.5 Å². The van der Waals surface area contributed by atoms with Crippen LogP contribution >= 0.6 is 0 Å². The number of nitrogens with two attached hydrogens (primary N) is 1. The highest BCUT2D eigenvalue weighted by Gasteiger charge is 2.10. The molecule has 0 saturated heterocycles. The molecule has 2 heterocycles. The van der Waals surface area contributed by atoms with Crippen molar-refractivity contribution in [1.82, 2.24) is 14.5 Å². The zero-order valence-electron chi connectivity index (χ0n) is 10.00. The topological polar surface area (TPSA) is 66.0 Å². The van der Waals surface area contributed by atoms with Gasteiger partial charge in [-0.15, -0.1) is 0 Å². The Morgan fingerprint density at radius 1 is 1.53 bits per heavy atom. The van der Waals surface area contributed by atoms with Crippen molar-refractivity contribution in [2.75, 3.05) is 12.8 Å². The Morgan fingerprint density at radius 2 is 2.35 bits per heavy atom. The zero-order chi connectivity index (χ0) is 12.3. The van der Waals surface area contributed by atoms with Gasteiger partial charge in [0.15, 0.2) is 0 Å². The van der Waals surface area contributed by atoms with Crippen LogP contribution in [0.2, 0.25) is 0 Å². The largest absolute Gasteiger partial charge is 0.383 e. The minimum absolute atomic E-state index is 0.126. The van der Waals surface area contributed by atoms with Crippen molar-refractivity contribution >= 4 is 5.82 Å². The fraction of sp³-hybridized carbons (Fsp3) is 0.333. The van der Waals surface area contributed by atoms with Gasteiger partial charge in [-0.25, -0.2) is 9.97 Å². The lowest BCUT2D eigenvalue weighted by Crippen LogP contribution is -2.15. The molecule has 0 amide bonds. The molecule has 0 saturated carbocycles. The number of rotatable bonds is 4. The van der Waals surface area contributed by atoms with Crippen molar-refractivity contribution in [2.45, 2.75) is 19.6 Å². The molecule has 0 spiro atoms. The minimum Gasteiger partial charge on any atom is -0.383 e. The Hall–Kier alpha value is -1.88. The van der Waals surface area contributed by atoms with Crippen molar-refractivity contribution < 1.29 is 4.74 Å². The van der Waals surface area contributed by atoms with Gasteiger partial charge in [0, 0.05) is 18.9 Å². The molecule has 2 N–H and O–H groups in total. The number of anilines is 1. The van der Waals surface area contributed by atoms with Crippen LogP contribution in [0.4, 0.5) is 5.82 Å². The Kier molecular flexibility index (Phi) is 3.39. The van der Waals surface area contributed by atoms with Crippen LogP contribution in [0.3, 0.4) is 0 Å². The molecular formula is C12H16N4O. The molecule has 90 valence electrons. The summed E-state index contributed by atoms with van der Waals surface area (Å²) >= 11 is 0. The molecule has 5 heteroatoms. The monoisotopic (exact) mass is 232 g/mol. The molecule has 1 unspecified atom stereocenters. The fourth-order valence-electron chi connectivity index (χ4n) is 1.68. The van der Waals surface area contributed by atoms with Gasteiger partial charge in [0.2, 0.25) is 0 Å². The van der Waals surface area contributed by atoms with E-state index in [-0.39, 0.29) is 6.10 Å². The minimum atomic E-state index is 0.126. The molecule has 2 rings (SSSR count). The second kappa shape index (κ2) is 4.97. The van der Waals surface area contributed by atoms with Gasteiger partial charge in [-0.1, -0.05) is 0 Å². The number of imidazole rings is 1. The normalized spacial score (nSPS) is 12.6. The van der Waals surface area contributed by atoms with E-state index >= 15 is 0 Å². The Morgan fingerprint density at radius 3 is 3.06 bits per heavy atom. The van der Waals surface area contributed by atoms with Crippen molar-refractivity contribution in [1.29, 1.82) is 0 Å². The maximum absolute atomic E-state index is 5.86. The van der Waals surface area contributed by atoms with Crippen molar-refractivity contribution in [3.63, 3.8) is 0 Å². The number of hydrogen-bond acceptors (Lipinski definition) is 4. The number of aromatic nitrogens is 3. The highest BCUT2D eigenvalue weighted by molar-refractivity contribution is 5.70. The van der Waals surface area contributed by atoms with E-state index in [1.165, 1.54) is 0 Å². The number of nitrogens with zero attached hydrogens (tertiary/aromatic N) is 3. The van der Waals surface area contributed by atoms with E-state index in [2.05, 4.69) is 9.97 Å². The molecular weight excluding hydrogens is 216 g/mol. The van der Waals surface area contributed by atoms with Gasteiger partial charge in [-0.05, 0) is 19.1 Å². The number of ether oxygens (including phenoxy) is 1. The molecule has 0 aromatic carbocycles. The molecule has 0 fully saturated rings. The van der Waals surface area contributed by atoms with Gasteiger partial charge in [0.25, 0.3) is 0 Å². The maximum Gasteiger partial charge on any atom is 0.132 e.